The maximum absolute atomic E-state index is 5.86. The second kappa shape index (κ2) is 4.50. The molecule has 0 bridgehead atoms. The summed E-state index contributed by atoms with van der Waals surface area (Å²) >= 11 is 1.68. The van der Waals surface area contributed by atoms with E-state index in [9.17, 15) is 0 Å². The summed E-state index contributed by atoms with van der Waals surface area (Å²) in [6, 6.07) is 0. The van der Waals surface area contributed by atoms with Crippen molar-refractivity contribution in [2.45, 2.75) is 51.9 Å². The van der Waals surface area contributed by atoms with Crippen LogP contribution in [0.4, 0.5) is 0 Å². The average Bonchev–Trinajstić information content (AvgIpc) is 2.83. The highest BCUT2D eigenvalue weighted by Gasteiger charge is 2.26. The second-order valence-corrected chi connectivity index (χ2v) is 7.18. The van der Waals surface area contributed by atoms with Crippen molar-refractivity contribution in [3.05, 3.63) is 34.4 Å². The molecule has 0 aliphatic rings. The number of hydrogen-bond donors (Lipinski definition) is 0. The highest BCUT2D eigenvalue weighted by molar-refractivity contribution is 7.09. The Morgan fingerprint density at radius 2 is 1.89 bits per heavy atom. The van der Waals surface area contributed by atoms with Gasteiger partial charge in [0.05, 0.1) is 11.7 Å². The number of rotatable bonds is 3. The van der Waals surface area contributed by atoms with Gasteiger partial charge in [-0.2, -0.15) is 0 Å². The number of hydrogen-bond acceptors (Lipinski definition) is 4. The fourth-order valence-electron chi connectivity index (χ4n) is 1.75. The normalized spacial score (nSPS) is 12.9. The Labute approximate surface area is 112 Å². The molecule has 98 valence electrons. The fraction of sp³-hybridized carbons (Fsp3) is 0.571. The zero-order valence-electron chi connectivity index (χ0n) is 11.7. The molecule has 4 heteroatoms. The third kappa shape index (κ3) is 2.80. The molecular formula is C14H20N2OS. The van der Waals surface area contributed by atoms with Crippen molar-refractivity contribution < 1.29 is 4.42 Å². The number of oxazole rings is 1. The van der Waals surface area contributed by atoms with Crippen molar-refractivity contribution in [3.8, 4) is 0 Å². The van der Waals surface area contributed by atoms with Crippen LogP contribution in [0.1, 0.15) is 51.1 Å². The smallest absolute Gasteiger partial charge is 0.195 e. The Morgan fingerprint density at radius 3 is 2.39 bits per heavy atom. The van der Waals surface area contributed by atoms with Crippen molar-refractivity contribution >= 4 is 11.3 Å². The molecule has 0 aliphatic heterocycles. The van der Waals surface area contributed by atoms with Gasteiger partial charge in [0.15, 0.2) is 5.89 Å². The van der Waals surface area contributed by atoms with Gasteiger partial charge in [-0.1, -0.05) is 34.6 Å². The molecule has 0 spiro atoms. The first-order valence-electron chi connectivity index (χ1n) is 6.13. The van der Waals surface area contributed by atoms with Gasteiger partial charge in [0.2, 0.25) is 0 Å². The van der Waals surface area contributed by atoms with E-state index in [4.69, 9.17) is 4.42 Å². The lowest BCUT2D eigenvalue weighted by Crippen LogP contribution is -2.19. The van der Waals surface area contributed by atoms with Gasteiger partial charge < -0.3 is 4.42 Å². The van der Waals surface area contributed by atoms with E-state index in [-0.39, 0.29) is 10.8 Å². The summed E-state index contributed by atoms with van der Waals surface area (Å²) in [5.41, 5.74) is 1.90. The van der Waals surface area contributed by atoms with Gasteiger partial charge in [0.1, 0.15) is 5.76 Å². The Morgan fingerprint density at radius 1 is 1.17 bits per heavy atom. The number of aromatic nitrogens is 2. The van der Waals surface area contributed by atoms with Crippen molar-refractivity contribution in [1.29, 1.82) is 0 Å². The number of thiazole rings is 1. The van der Waals surface area contributed by atoms with Gasteiger partial charge in [-0.15, -0.1) is 11.3 Å². The molecule has 2 aromatic heterocycles. The molecule has 18 heavy (non-hydrogen) atoms. The van der Waals surface area contributed by atoms with Crippen LogP contribution in [-0.2, 0) is 17.3 Å². The van der Waals surface area contributed by atoms with Gasteiger partial charge >= 0.3 is 0 Å². The molecule has 0 unspecified atom stereocenters. The summed E-state index contributed by atoms with van der Waals surface area (Å²) in [6.07, 6.45) is 4.57. The molecule has 0 fully saturated rings. The van der Waals surface area contributed by atoms with Gasteiger partial charge in [-0.25, -0.2) is 4.98 Å². The summed E-state index contributed by atoms with van der Waals surface area (Å²) in [4.78, 5) is 9.80. The van der Waals surface area contributed by atoms with Gasteiger partial charge in [0, 0.05) is 28.3 Å². The Balaban J connectivity index is 2.17. The zero-order chi connectivity index (χ0) is 13.4. The molecule has 0 aromatic carbocycles. The van der Waals surface area contributed by atoms with Crippen LogP contribution in [-0.4, -0.2) is 9.97 Å². The lowest BCUT2D eigenvalue weighted by atomic mass is 9.88. The maximum atomic E-state index is 5.86. The van der Waals surface area contributed by atoms with Crippen molar-refractivity contribution in [2.75, 3.05) is 0 Å². The van der Waals surface area contributed by atoms with E-state index >= 15 is 0 Å². The van der Waals surface area contributed by atoms with Crippen molar-refractivity contribution in [3.63, 3.8) is 0 Å². The van der Waals surface area contributed by atoms with Gasteiger partial charge in [0.25, 0.3) is 0 Å². The minimum atomic E-state index is 0.0138. The largest absolute Gasteiger partial charge is 0.445 e. The van der Waals surface area contributed by atoms with Gasteiger partial charge in [-0.05, 0) is 0 Å². The summed E-state index contributed by atoms with van der Waals surface area (Å²) in [5, 5.41) is 0. The topological polar surface area (TPSA) is 38.9 Å². The molecule has 0 N–H and O–H groups in total. The predicted molar refractivity (Wildman–Crippen MR) is 74.0 cm³/mol. The molecular weight excluding hydrogens is 244 g/mol. The van der Waals surface area contributed by atoms with E-state index in [0.29, 0.717) is 0 Å². The molecule has 0 aliphatic carbocycles. The van der Waals surface area contributed by atoms with Gasteiger partial charge in [-0.3, -0.25) is 4.98 Å². The van der Waals surface area contributed by atoms with E-state index in [1.165, 1.54) is 4.88 Å². The third-order valence-electron chi connectivity index (χ3n) is 2.99. The van der Waals surface area contributed by atoms with E-state index in [2.05, 4.69) is 44.6 Å². The van der Waals surface area contributed by atoms with Crippen LogP contribution >= 0.6 is 11.3 Å². The molecule has 0 saturated carbocycles. The quantitative estimate of drug-likeness (QED) is 0.842. The molecule has 2 heterocycles. The van der Waals surface area contributed by atoms with E-state index < -0.39 is 0 Å². The summed E-state index contributed by atoms with van der Waals surface area (Å²) in [5.74, 6) is 1.75. The van der Waals surface area contributed by atoms with Crippen LogP contribution in [0.5, 0.6) is 0 Å². The summed E-state index contributed by atoms with van der Waals surface area (Å²) in [7, 11) is 0. The second-order valence-electron chi connectivity index (χ2n) is 6.29. The molecule has 0 saturated heterocycles. The van der Waals surface area contributed by atoms with Crippen LogP contribution < -0.4 is 0 Å². The van der Waals surface area contributed by atoms with Crippen LogP contribution in [0.25, 0.3) is 0 Å². The minimum absolute atomic E-state index is 0.0138. The fourth-order valence-corrected chi connectivity index (χ4v) is 2.50. The third-order valence-corrected chi connectivity index (χ3v) is 4.12. The number of nitrogens with zero attached hydrogens (tertiary/aromatic N) is 2. The van der Waals surface area contributed by atoms with E-state index in [1.54, 1.807) is 11.3 Å². The summed E-state index contributed by atoms with van der Waals surface area (Å²) < 4.78 is 5.86. The molecule has 0 radical (unpaired) electrons. The highest BCUT2D eigenvalue weighted by atomic mass is 32.1. The first-order valence-corrected chi connectivity index (χ1v) is 7.01. The van der Waals surface area contributed by atoms with Crippen molar-refractivity contribution in [2.24, 2.45) is 0 Å². The standard InChI is InChI=1S/C14H20N2OS/c1-13(2,3)10-7-16-12(17-10)6-14(4,5)11-8-15-9-18-11/h7-9H,6H2,1-5H3. The zero-order valence-corrected chi connectivity index (χ0v) is 12.5. The first-order chi connectivity index (χ1) is 8.29. The summed E-state index contributed by atoms with van der Waals surface area (Å²) in [6.45, 7) is 10.8. The van der Waals surface area contributed by atoms with E-state index in [0.717, 1.165) is 18.1 Å². The molecule has 0 atom stereocenters. The van der Waals surface area contributed by atoms with E-state index in [1.807, 2.05) is 17.9 Å². The maximum Gasteiger partial charge on any atom is 0.195 e. The first kappa shape index (κ1) is 13.3. The van der Waals surface area contributed by atoms with Crippen LogP contribution in [0.2, 0.25) is 0 Å². The Bertz CT molecular complexity index is 506. The minimum Gasteiger partial charge on any atom is -0.445 e. The molecule has 3 nitrogen and oxygen atoms in total. The lowest BCUT2D eigenvalue weighted by Gasteiger charge is -2.20. The Hall–Kier alpha value is -1.16. The SMILES string of the molecule is CC(C)(C)c1cnc(CC(C)(C)c2cncs2)o1. The Kier molecular flexibility index (Phi) is 3.32. The molecule has 0 amide bonds. The highest BCUT2D eigenvalue weighted by Crippen LogP contribution is 2.31. The monoisotopic (exact) mass is 264 g/mol. The molecule has 2 rings (SSSR count). The lowest BCUT2D eigenvalue weighted by molar-refractivity contribution is 0.359. The van der Waals surface area contributed by atoms with Crippen LogP contribution in [0.3, 0.4) is 0 Å². The van der Waals surface area contributed by atoms with Crippen LogP contribution in [0, 0.1) is 0 Å². The predicted octanol–water partition coefficient (Wildman–Crippen LogP) is 3.95. The van der Waals surface area contributed by atoms with Crippen LogP contribution in [0.15, 0.2) is 22.3 Å². The average molecular weight is 264 g/mol. The van der Waals surface area contributed by atoms with Crippen molar-refractivity contribution in [1.82, 2.24) is 9.97 Å². The molecule has 2 aromatic rings.